The van der Waals surface area contributed by atoms with Crippen molar-refractivity contribution in [2.24, 2.45) is 0 Å². The van der Waals surface area contributed by atoms with E-state index < -0.39 is 22.8 Å². The molecule has 86 valence electrons. The van der Waals surface area contributed by atoms with Crippen LogP contribution in [0.5, 0.6) is 0 Å². The molecular formula is C10H14BrO3PZn. The van der Waals surface area contributed by atoms with Gasteiger partial charge in [-0.25, -0.2) is 0 Å². The zero-order valence-electron chi connectivity index (χ0n) is 9.48. The minimum absolute atomic E-state index is 0.384. The quantitative estimate of drug-likeness (QED) is 0.579. The summed E-state index contributed by atoms with van der Waals surface area (Å²) < 4.78 is 24.2. The van der Waals surface area contributed by atoms with Crippen LogP contribution in [0, 0.1) is 0 Å². The molecule has 0 aromatic heterocycles. The van der Waals surface area contributed by atoms with E-state index in [1.165, 1.54) is 4.16 Å². The Morgan fingerprint density at radius 1 is 1.19 bits per heavy atom. The third kappa shape index (κ3) is 3.75. The van der Waals surface area contributed by atoms with Crippen molar-refractivity contribution in [3.63, 3.8) is 0 Å². The summed E-state index contributed by atoms with van der Waals surface area (Å²) in [5, 5.41) is 0.642. The second kappa shape index (κ2) is 7.03. The Morgan fingerprint density at radius 2 is 1.69 bits per heavy atom. The molecule has 0 radical (unpaired) electrons. The van der Waals surface area contributed by atoms with Crippen LogP contribution in [0.3, 0.4) is 0 Å². The van der Waals surface area contributed by atoms with Crippen LogP contribution in [-0.2, 0) is 28.8 Å². The van der Waals surface area contributed by atoms with Gasteiger partial charge in [-0.3, -0.25) is 0 Å². The summed E-state index contributed by atoms with van der Waals surface area (Å²) in [7, 11) is -3.10. The first-order chi connectivity index (χ1) is 7.66. The number of benzene rings is 1. The molecule has 0 spiro atoms. The molecule has 0 aliphatic heterocycles. The standard InChI is InChI=1S/C10H14O3P.BrH.Zn/c1-3-12-14(11,13-4-2)10-8-6-5-7-9-10;;/h6-9H,3-4H2,1-2H3;1H;/q;;+1/p-1. The molecule has 1 aromatic rings. The Bertz CT molecular complexity index is 359. The van der Waals surface area contributed by atoms with E-state index >= 15 is 0 Å². The van der Waals surface area contributed by atoms with Crippen molar-refractivity contribution in [3.8, 4) is 0 Å². The molecule has 0 aliphatic rings. The number of rotatable bonds is 6. The van der Waals surface area contributed by atoms with E-state index in [0.717, 1.165) is 0 Å². The van der Waals surface area contributed by atoms with E-state index in [4.69, 9.17) is 9.05 Å². The minimum atomic E-state index is -3.10. The maximum atomic E-state index is 12.4. The molecule has 6 heteroatoms. The summed E-state index contributed by atoms with van der Waals surface area (Å²) in [4.78, 5) is 0. The van der Waals surface area contributed by atoms with Crippen molar-refractivity contribution < 1.29 is 28.8 Å². The molecule has 0 aliphatic carbocycles. The molecule has 0 fully saturated rings. The Hall–Kier alpha value is 0.473. The van der Waals surface area contributed by atoms with Crippen LogP contribution in [-0.4, -0.2) is 13.2 Å². The summed E-state index contributed by atoms with van der Waals surface area (Å²) in [6, 6.07) is 7.67. The summed E-state index contributed by atoms with van der Waals surface area (Å²) in [5.41, 5.74) is 0. The zero-order valence-corrected chi connectivity index (χ0v) is 14.9. The molecule has 1 aromatic carbocycles. The van der Waals surface area contributed by atoms with Gasteiger partial charge < -0.3 is 0 Å². The van der Waals surface area contributed by atoms with Crippen molar-refractivity contribution in [2.45, 2.75) is 13.8 Å². The van der Waals surface area contributed by atoms with Gasteiger partial charge in [0.25, 0.3) is 0 Å². The second-order valence-electron chi connectivity index (χ2n) is 3.13. The normalized spacial score (nSPS) is 11.2. The van der Waals surface area contributed by atoms with Crippen LogP contribution in [0.4, 0.5) is 0 Å². The molecule has 0 unspecified atom stereocenters. The van der Waals surface area contributed by atoms with Gasteiger partial charge in [0.05, 0.1) is 0 Å². The van der Waals surface area contributed by atoms with Gasteiger partial charge >= 0.3 is 111 Å². The van der Waals surface area contributed by atoms with Crippen LogP contribution in [0.25, 0.3) is 0 Å². The van der Waals surface area contributed by atoms with E-state index in [2.05, 4.69) is 13.6 Å². The average Bonchev–Trinajstić information content (AvgIpc) is 2.30. The first kappa shape index (κ1) is 14.5. The van der Waals surface area contributed by atoms with Crippen molar-refractivity contribution in [1.29, 1.82) is 0 Å². The third-order valence-corrected chi connectivity index (χ3v) is 9.13. The fourth-order valence-electron chi connectivity index (χ4n) is 1.29. The fourth-order valence-corrected chi connectivity index (χ4v) is 5.67. The molecule has 0 N–H and O–H groups in total. The monoisotopic (exact) mass is 356 g/mol. The van der Waals surface area contributed by atoms with E-state index in [1.807, 2.05) is 38.1 Å². The molecule has 0 saturated heterocycles. The van der Waals surface area contributed by atoms with Gasteiger partial charge in [-0.05, 0) is 0 Å². The van der Waals surface area contributed by atoms with Gasteiger partial charge in [0, 0.05) is 0 Å². The molecule has 0 atom stereocenters. The third-order valence-electron chi connectivity index (χ3n) is 2.00. The van der Waals surface area contributed by atoms with Crippen LogP contribution in [0.15, 0.2) is 24.3 Å². The molecule has 1 rings (SSSR count). The molecule has 0 heterocycles. The fraction of sp³-hybridized carbons (Fsp3) is 0.400. The molecule has 0 saturated carbocycles. The van der Waals surface area contributed by atoms with E-state index in [1.54, 1.807) is 0 Å². The zero-order chi connectivity index (χ0) is 12.0. The SMILES string of the molecule is CCOP(=O)(OCC)c1cc[c]([Zn][Br])cc1. The van der Waals surface area contributed by atoms with Gasteiger partial charge in [-0.2, -0.15) is 0 Å². The molecule has 3 nitrogen and oxygen atoms in total. The van der Waals surface area contributed by atoms with Crippen LogP contribution in [0.2, 0.25) is 0 Å². The van der Waals surface area contributed by atoms with Gasteiger partial charge in [0.15, 0.2) is 0 Å². The summed E-state index contributed by atoms with van der Waals surface area (Å²) in [6.07, 6.45) is 0. The van der Waals surface area contributed by atoms with Crippen LogP contribution in [0.1, 0.15) is 13.8 Å². The number of halogens is 1. The van der Waals surface area contributed by atoms with Crippen molar-refractivity contribution >= 4 is 30.7 Å². The Labute approximate surface area is 110 Å². The summed E-state index contributed by atoms with van der Waals surface area (Å²) >= 11 is 2.80. The number of hydrogen-bond donors (Lipinski definition) is 0. The van der Waals surface area contributed by atoms with Crippen molar-refractivity contribution in [2.75, 3.05) is 13.2 Å². The molecular weight excluding hydrogens is 344 g/mol. The first-order valence-corrected chi connectivity index (χ1v) is 15.2. The Morgan fingerprint density at radius 3 is 2.06 bits per heavy atom. The van der Waals surface area contributed by atoms with E-state index in [-0.39, 0.29) is 0 Å². The van der Waals surface area contributed by atoms with Gasteiger partial charge in [-0.15, -0.1) is 0 Å². The average molecular weight is 358 g/mol. The van der Waals surface area contributed by atoms with E-state index in [9.17, 15) is 4.57 Å². The predicted molar refractivity (Wildman–Crippen MR) is 65.5 cm³/mol. The number of hydrogen-bond acceptors (Lipinski definition) is 3. The topological polar surface area (TPSA) is 35.5 Å². The molecule has 16 heavy (non-hydrogen) atoms. The van der Waals surface area contributed by atoms with Crippen LogP contribution >= 0.6 is 21.2 Å². The first-order valence-electron chi connectivity index (χ1n) is 5.21. The maximum absolute atomic E-state index is 12.4. The molecule has 0 bridgehead atoms. The van der Waals surface area contributed by atoms with Gasteiger partial charge in [-0.1, -0.05) is 0 Å². The van der Waals surface area contributed by atoms with Crippen molar-refractivity contribution in [3.05, 3.63) is 24.3 Å². The molecule has 0 amide bonds. The van der Waals surface area contributed by atoms with Crippen LogP contribution < -0.4 is 9.46 Å². The van der Waals surface area contributed by atoms with E-state index in [0.29, 0.717) is 18.5 Å². The van der Waals surface area contributed by atoms with Gasteiger partial charge in [0.2, 0.25) is 0 Å². The summed E-state index contributed by atoms with van der Waals surface area (Å²) in [5.74, 6) is 0. The Kier molecular flexibility index (Phi) is 6.39. The van der Waals surface area contributed by atoms with Crippen molar-refractivity contribution in [1.82, 2.24) is 0 Å². The second-order valence-corrected chi connectivity index (χ2v) is 10.3. The predicted octanol–water partition coefficient (Wildman–Crippen LogP) is 2.60. The summed E-state index contributed by atoms with van der Waals surface area (Å²) in [6.45, 7) is 4.40. The Balaban J connectivity index is 2.96. The van der Waals surface area contributed by atoms with Gasteiger partial charge in [0.1, 0.15) is 0 Å².